The van der Waals surface area contributed by atoms with Gasteiger partial charge in [0.1, 0.15) is 0 Å². The lowest BCUT2D eigenvalue weighted by Crippen LogP contribution is -2.35. The molecule has 4 heteroatoms. The van der Waals surface area contributed by atoms with Crippen molar-refractivity contribution in [3.8, 4) is 0 Å². The summed E-state index contributed by atoms with van der Waals surface area (Å²) in [5.74, 6) is -0.790. The Labute approximate surface area is 116 Å². The quantitative estimate of drug-likeness (QED) is 0.932. The number of rotatable bonds is 3. The second-order valence-electron chi connectivity index (χ2n) is 4.96. The number of aliphatic carboxylic acids is 1. The lowest BCUT2D eigenvalue weighted by molar-refractivity contribution is -0.143. The lowest BCUT2D eigenvalue weighted by atomic mass is 9.96. The maximum absolute atomic E-state index is 10.9. The minimum absolute atomic E-state index is 0.146. The summed E-state index contributed by atoms with van der Waals surface area (Å²) in [6.07, 6.45) is 1.54. The van der Waals surface area contributed by atoms with Gasteiger partial charge in [-0.2, -0.15) is 0 Å². The van der Waals surface area contributed by atoms with Crippen molar-refractivity contribution in [1.29, 1.82) is 0 Å². The number of carboxylic acid groups (broad SMARTS) is 1. The number of piperidine rings is 1. The Bertz CT molecular complexity index is 439. The number of halogens is 1. The Morgan fingerprint density at radius 3 is 2.67 bits per heavy atom. The number of benzene rings is 1. The smallest absolute Gasteiger partial charge is 0.306 e. The van der Waals surface area contributed by atoms with E-state index in [1.54, 1.807) is 0 Å². The van der Waals surface area contributed by atoms with E-state index in [0.29, 0.717) is 0 Å². The minimum Gasteiger partial charge on any atom is -0.481 e. The van der Waals surface area contributed by atoms with Gasteiger partial charge in [0, 0.05) is 11.0 Å². The van der Waals surface area contributed by atoms with Gasteiger partial charge in [-0.15, -0.1) is 0 Å². The molecule has 18 heavy (non-hydrogen) atoms. The summed E-state index contributed by atoms with van der Waals surface area (Å²) < 4.78 is 1.10. The van der Waals surface area contributed by atoms with Gasteiger partial charge in [0.05, 0.1) is 5.92 Å². The third kappa shape index (κ3) is 3.33. The van der Waals surface area contributed by atoms with Crippen LogP contribution in [-0.2, 0) is 11.3 Å². The number of likely N-dealkylation sites (tertiary alicyclic amines) is 1. The van der Waals surface area contributed by atoms with Crippen LogP contribution in [0.5, 0.6) is 0 Å². The largest absolute Gasteiger partial charge is 0.481 e. The topological polar surface area (TPSA) is 40.5 Å². The highest BCUT2D eigenvalue weighted by molar-refractivity contribution is 9.10. The first-order valence-corrected chi connectivity index (χ1v) is 7.06. The molecule has 1 saturated heterocycles. The monoisotopic (exact) mass is 311 g/mol. The second-order valence-corrected chi connectivity index (χ2v) is 5.88. The van der Waals surface area contributed by atoms with Gasteiger partial charge in [-0.1, -0.05) is 22.0 Å². The molecule has 3 nitrogen and oxygen atoms in total. The molecule has 1 aliphatic heterocycles. The molecule has 1 aliphatic rings. The summed E-state index contributed by atoms with van der Waals surface area (Å²) in [4.78, 5) is 13.2. The van der Waals surface area contributed by atoms with Gasteiger partial charge in [0.15, 0.2) is 0 Å². The summed E-state index contributed by atoms with van der Waals surface area (Å²) in [6.45, 7) is 4.80. The van der Waals surface area contributed by atoms with Gasteiger partial charge in [0.2, 0.25) is 0 Å². The molecule has 98 valence electrons. The van der Waals surface area contributed by atoms with Crippen molar-refractivity contribution in [2.24, 2.45) is 5.92 Å². The molecule has 1 fully saturated rings. The SMILES string of the molecule is Cc1cc(Br)ccc1CN1CCC(C(=O)O)CC1. The van der Waals surface area contributed by atoms with Gasteiger partial charge in [-0.3, -0.25) is 9.69 Å². The van der Waals surface area contributed by atoms with E-state index >= 15 is 0 Å². The van der Waals surface area contributed by atoms with E-state index in [4.69, 9.17) is 5.11 Å². The van der Waals surface area contributed by atoms with Crippen LogP contribution in [0.2, 0.25) is 0 Å². The highest BCUT2D eigenvalue weighted by atomic mass is 79.9. The van der Waals surface area contributed by atoms with Gasteiger partial charge >= 0.3 is 5.97 Å². The lowest BCUT2D eigenvalue weighted by Gasteiger charge is -2.30. The van der Waals surface area contributed by atoms with Crippen LogP contribution in [0.1, 0.15) is 24.0 Å². The average molecular weight is 312 g/mol. The number of aryl methyl sites for hydroxylation is 1. The fourth-order valence-corrected chi connectivity index (χ4v) is 2.89. The van der Waals surface area contributed by atoms with Crippen LogP contribution >= 0.6 is 15.9 Å². The van der Waals surface area contributed by atoms with Crippen LogP contribution < -0.4 is 0 Å². The van der Waals surface area contributed by atoms with Gasteiger partial charge in [-0.25, -0.2) is 0 Å². The van der Waals surface area contributed by atoms with Crippen LogP contribution in [0.25, 0.3) is 0 Å². The molecule has 0 saturated carbocycles. The molecule has 1 aromatic carbocycles. The first kappa shape index (κ1) is 13.6. The zero-order valence-corrected chi connectivity index (χ0v) is 12.1. The third-order valence-corrected chi connectivity index (χ3v) is 4.13. The van der Waals surface area contributed by atoms with E-state index in [1.165, 1.54) is 11.1 Å². The summed E-state index contributed by atoms with van der Waals surface area (Å²) in [5.41, 5.74) is 2.61. The van der Waals surface area contributed by atoms with Gasteiger partial charge in [0.25, 0.3) is 0 Å². The van der Waals surface area contributed by atoms with E-state index in [1.807, 2.05) is 0 Å². The van der Waals surface area contributed by atoms with Crippen molar-refractivity contribution in [2.75, 3.05) is 13.1 Å². The molecule has 0 radical (unpaired) electrons. The third-order valence-electron chi connectivity index (χ3n) is 3.64. The van der Waals surface area contributed by atoms with Crippen LogP contribution in [0.3, 0.4) is 0 Å². The Morgan fingerprint density at radius 1 is 1.44 bits per heavy atom. The molecule has 1 heterocycles. The standard InChI is InChI=1S/C14H18BrNO2/c1-10-8-13(15)3-2-12(10)9-16-6-4-11(5-7-16)14(17)18/h2-3,8,11H,4-7,9H2,1H3,(H,17,18). The Kier molecular flexibility index (Phi) is 4.40. The zero-order chi connectivity index (χ0) is 13.1. The van der Waals surface area contributed by atoms with Crippen LogP contribution in [0.15, 0.2) is 22.7 Å². The van der Waals surface area contributed by atoms with Crippen molar-refractivity contribution in [3.05, 3.63) is 33.8 Å². The van der Waals surface area contributed by atoms with E-state index < -0.39 is 5.97 Å². The van der Waals surface area contributed by atoms with Crippen LogP contribution in [0.4, 0.5) is 0 Å². The molecule has 1 aromatic rings. The maximum atomic E-state index is 10.9. The average Bonchev–Trinajstić information content (AvgIpc) is 2.33. The molecule has 1 N–H and O–H groups in total. The number of carbonyl (C=O) groups is 1. The summed E-state index contributed by atoms with van der Waals surface area (Å²) in [5, 5.41) is 8.97. The fraction of sp³-hybridized carbons (Fsp3) is 0.500. The van der Waals surface area contributed by atoms with E-state index in [-0.39, 0.29) is 5.92 Å². The fourth-order valence-electron chi connectivity index (χ4n) is 2.42. The van der Waals surface area contributed by atoms with Gasteiger partial charge in [-0.05, 0) is 56.1 Å². The number of hydrogen-bond acceptors (Lipinski definition) is 2. The highest BCUT2D eigenvalue weighted by Crippen LogP contribution is 2.21. The number of nitrogens with zero attached hydrogens (tertiary/aromatic N) is 1. The molecule has 0 amide bonds. The molecule has 0 bridgehead atoms. The van der Waals surface area contributed by atoms with E-state index in [0.717, 1.165) is 36.9 Å². The van der Waals surface area contributed by atoms with Crippen molar-refractivity contribution >= 4 is 21.9 Å². The summed E-state index contributed by atoms with van der Waals surface area (Å²) >= 11 is 3.47. The molecule has 0 spiro atoms. The Morgan fingerprint density at radius 2 is 2.11 bits per heavy atom. The number of carboxylic acids is 1. The highest BCUT2D eigenvalue weighted by Gasteiger charge is 2.24. The van der Waals surface area contributed by atoms with E-state index in [9.17, 15) is 4.79 Å². The minimum atomic E-state index is -0.644. The van der Waals surface area contributed by atoms with Crippen molar-refractivity contribution in [2.45, 2.75) is 26.3 Å². The zero-order valence-electron chi connectivity index (χ0n) is 10.5. The molecule has 0 aromatic heterocycles. The molecular formula is C14H18BrNO2. The van der Waals surface area contributed by atoms with Crippen molar-refractivity contribution < 1.29 is 9.90 Å². The van der Waals surface area contributed by atoms with Crippen molar-refractivity contribution in [1.82, 2.24) is 4.90 Å². The van der Waals surface area contributed by atoms with Crippen molar-refractivity contribution in [3.63, 3.8) is 0 Å². The maximum Gasteiger partial charge on any atom is 0.306 e. The normalized spacial score (nSPS) is 17.9. The molecule has 0 aliphatic carbocycles. The number of hydrogen-bond donors (Lipinski definition) is 1. The van der Waals surface area contributed by atoms with Crippen LogP contribution in [0, 0.1) is 12.8 Å². The summed E-state index contributed by atoms with van der Waals surface area (Å²) in [7, 11) is 0. The Balaban J connectivity index is 1.93. The molecule has 0 atom stereocenters. The first-order chi connectivity index (χ1) is 8.56. The Hall–Kier alpha value is -0.870. The predicted molar refractivity (Wildman–Crippen MR) is 74.5 cm³/mol. The van der Waals surface area contributed by atoms with Crippen LogP contribution in [-0.4, -0.2) is 29.1 Å². The molecule has 2 rings (SSSR count). The first-order valence-electron chi connectivity index (χ1n) is 6.26. The second kappa shape index (κ2) is 5.85. The van der Waals surface area contributed by atoms with Gasteiger partial charge < -0.3 is 5.11 Å². The van der Waals surface area contributed by atoms with E-state index in [2.05, 4.69) is 46.0 Å². The summed E-state index contributed by atoms with van der Waals surface area (Å²) in [6, 6.07) is 6.33. The molecule has 0 unspecified atom stereocenters. The molecular weight excluding hydrogens is 294 g/mol. The predicted octanol–water partition coefficient (Wildman–Crippen LogP) is 3.05.